The molecule has 2 aromatic rings. The molecule has 27 heavy (non-hydrogen) atoms. The van der Waals surface area contributed by atoms with Crippen LogP contribution in [0.1, 0.15) is 28.8 Å². The van der Waals surface area contributed by atoms with Crippen molar-refractivity contribution in [3.05, 3.63) is 58.4 Å². The van der Waals surface area contributed by atoms with E-state index in [1.165, 1.54) is 24.1 Å². The molecule has 0 unspecified atom stereocenters. The summed E-state index contributed by atoms with van der Waals surface area (Å²) in [5, 5.41) is 0.432. The molecule has 2 amide bonds. The van der Waals surface area contributed by atoms with Gasteiger partial charge < -0.3 is 14.5 Å². The average Bonchev–Trinajstić information content (AvgIpc) is 3.07. The number of benzene rings is 2. The minimum absolute atomic E-state index is 0.00330. The highest BCUT2D eigenvalue weighted by Crippen LogP contribution is 2.31. The van der Waals surface area contributed by atoms with Gasteiger partial charge >= 0.3 is 0 Å². The van der Waals surface area contributed by atoms with E-state index in [2.05, 4.69) is 0 Å². The van der Waals surface area contributed by atoms with Gasteiger partial charge in [0.05, 0.1) is 17.8 Å². The molecule has 1 aliphatic rings. The fraction of sp³-hybridized carbons (Fsp3) is 0.300. The Hall–Kier alpha value is -2.60. The Morgan fingerprint density at radius 3 is 2.70 bits per heavy atom. The second-order valence-corrected chi connectivity index (χ2v) is 6.85. The maximum atomic E-state index is 13.9. The number of methoxy groups -OCH3 is 1. The second-order valence-electron chi connectivity index (χ2n) is 6.45. The summed E-state index contributed by atoms with van der Waals surface area (Å²) >= 11 is 6.23. The zero-order valence-corrected chi connectivity index (χ0v) is 15.9. The molecule has 0 aliphatic carbocycles. The van der Waals surface area contributed by atoms with Crippen LogP contribution in [0.4, 0.5) is 10.1 Å². The van der Waals surface area contributed by atoms with E-state index in [9.17, 15) is 14.0 Å². The van der Waals surface area contributed by atoms with E-state index in [0.717, 1.165) is 6.42 Å². The fourth-order valence-electron chi connectivity index (χ4n) is 3.13. The minimum atomic E-state index is -0.475. The molecule has 0 radical (unpaired) electrons. The molecule has 0 N–H and O–H groups in total. The second kappa shape index (κ2) is 7.96. The van der Waals surface area contributed by atoms with E-state index in [4.69, 9.17) is 16.3 Å². The Labute approximate surface area is 162 Å². The Kier molecular flexibility index (Phi) is 5.65. The molecule has 1 fully saturated rings. The summed E-state index contributed by atoms with van der Waals surface area (Å²) < 4.78 is 18.8. The third-order valence-electron chi connectivity index (χ3n) is 4.54. The van der Waals surface area contributed by atoms with Crippen LogP contribution in [-0.2, 0) is 11.3 Å². The molecule has 0 aromatic heterocycles. The molecular weight excluding hydrogens is 371 g/mol. The van der Waals surface area contributed by atoms with Crippen molar-refractivity contribution in [2.45, 2.75) is 19.4 Å². The minimum Gasteiger partial charge on any atom is -0.494 e. The van der Waals surface area contributed by atoms with Crippen LogP contribution in [0.2, 0.25) is 5.02 Å². The van der Waals surface area contributed by atoms with Crippen molar-refractivity contribution in [2.24, 2.45) is 0 Å². The quantitative estimate of drug-likeness (QED) is 0.778. The van der Waals surface area contributed by atoms with E-state index in [0.29, 0.717) is 34.8 Å². The zero-order chi connectivity index (χ0) is 19.6. The standard InChI is InChI=1S/C20H20ClFN2O3/c1-23(12-13-5-8-18(27-2)16(22)10-13)20(26)14-6-7-15(21)17(11-14)24-9-3-4-19(24)25/h5-8,10-11H,3-4,9,12H2,1-2H3. The first-order valence-corrected chi connectivity index (χ1v) is 8.96. The lowest BCUT2D eigenvalue weighted by Crippen LogP contribution is -2.27. The van der Waals surface area contributed by atoms with Gasteiger partial charge in [0.2, 0.25) is 5.91 Å². The summed E-state index contributed by atoms with van der Waals surface area (Å²) in [6.07, 6.45) is 1.26. The molecule has 1 saturated heterocycles. The van der Waals surface area contributed by atoms with Gasteiger partial charge in [0.1, 0.15) is 0 Å². The lowest BCUT2D eigenvalue weighted by atomic mass is 10.1. The Morgan fingerprint density at radius 2 is 2.07 bits per heavy atom. The van der Waals surface area contributed by atoms with Gasteiger partial charge in [0.15, 0.2) is 11.6 Å². The molecule has 0 bridgehead atoms. The number of halogens is 2. The highest BCUT2D eigenvalue weighted by Gasteiger charge is 2.25. The first-order chi connectivity index (χ1) is 12.9. The van der Waals surface area contributed by atoms with E-state index < -0.39 is 5.82 Å². The van der Waals surface area contributed by atoms with Crippen LogP contribution in [0, 0.1) is 5.82 Å². The molecule has 1 aliphatic heterocycles. The first kappa shape index (κ1) is 19.2. The summed E-state index contributed by atoms with van der Waals surface area (Å²) in [7, 11) is 3.04. The summed E-state index contributed by atoms with van der Waals surface area (Å²) in [5.41, 5.74) is 1.62. The van der Waals surface area contributed by atoms with Crippen LogP contribution in [-0.4, -0.2) is 37.4 Å². The number of amides is 2. The van der Waals surface area contributed by atoms with Gasteiger partial charge in [-0.15, -0.1) is 0 Å². The number of carbonyl (C=O) groups is 2. The van der Waals surface area contributed by atoms with Crippen molar-refractivity contribution in [3.8, 4) is 5.75 Å². The number of ether oxygens (including phenoxy) is 1. The summed E-state index contributed by atoms with van der Waals surface area (Å²) in [5.74, 6) is -0.554. The molecule has 0 spiro atoms. The Bertz CT molecular complexity index is 888. The predicted octanol–water partition coefficient (Wildman–Crippen LogP) is 3.89. The molecular formula is C20H20ClFN2O3. The van der Waals surface area contributed by atoms with E-state index >= 15 is 0 Å². The number of carbonyl (C=O) groups excluding carboxylic acids is 2. The first-order valence-electron chi connectivity index (χ1n) is 8.58. The third kappa shape index (κ3) is 4.06. The summed E-state index contributed by atoms with van der Waals surface area (Å²) in [6, 6.07) is 9.47. The smallest absolute Gasteiger partial charge is 0.253 e. The predicted molar refractivity (Wildman–Crippen MR) is 102 cm³/mol. The monoisotopic (exact) mass is 390 g/mol. The Morgan fingerprint density at radius 1 is 1.30 bits per heavy atom. The van der Waals surface area contributed by atoms with Crippen LogP contribution >= 0.6 is 11.6 Å². The maximum absolute atomic E-state index is 13.9. The molecule has 142 valence electrons. The van der Waals surface area contributed by atoms with Crippen LogP contribution in [0.3, 0.4) is 0 Å². The molecule has 0 saturated carbocycles. The van der Waals surface area contributed by atoms with Crippen molar-refractivity contribution < 1.29 is 18.7 Å². The molecule has 7 heteroatoms. The fourth-order valence-corrected chi connectivity index (χ4v) is 3.35. The van der Waals surface area contributed by atoms with Crippen molar-refractivity contribution in [1.29, 1.82) is 0 Å². The van der Waals surface area contributed by atoms with Gasteiger partial charge in [-0.2, -0.15) is 0 Å². The van der Waals surface area contributed by atoms with Crippen LogP contribution in [0.25, 0.3) is 0 Å². The summed E-state index contributed by atoms with van der Waals surface area (Å²) in [4.78, 5) is 27.9. The molecule has 5 nitrogen and oxygen atoms in total. The Balaban J connectivity index is 1.78. The number of anilines is 1. The van der Waals surface area contributed by atoms with Gasteiger partial charge in [0.25, 0.3) is 5.91 Å². The topological polar surface area (TPSA) is 49.9 Å². The van der Waals surface area contributed by atoms with Crippen LogP contribution < -0.4 is 9.64 Å². The van der Waals surface area contributed by atoms with Crippen LogP contribution in [0.5, 0.6) is 5.75 Å². The third-order valence-corrected chi connectivity index (χ3v) is 4.86. The number of nitrogens with zero attached hydrogens (tertiary/aromatic N) is 2. The maximum Gasteiger partial charge on any atom is 0.253 e. The SMILES string of the molecule is COc1ccc(CN(C)C(=O)c2ccc(Cl)c(N3CCCC3=O)c2)cc1F. The molecule has 0 atom stereocenters. The van der Waals surface area contributed by atoms with E-state index in [1.54, 1.807) is 36.2 Å². The van der Waals surface area contributed by atoms with Crippen molar-refractivity contribution in [3.63, 3.8) is 0 Å². The summed E-state index contributed by atoms with van der Waals surface area (Å²) in [6.45, 7) is 0.831. The van der Waals surface area contributed by atoms with E-state index in [-0.39, 0.29) is 24.1 Å². The van der Waals surface area contributed by atoms with Crippen molar-refractivity contribution in [1.82, 2.24) is 4.90 Å². The van der Waals surface area contributed by atoms with Gasteiger partial charge in [0, 0.05) is 32.1 Å². The molecule has 1 heterocycles. The highest BCUT2D eigenvalue weighted by atomic mass is 35.5. The lowest BCUT2D eigenvalue weighted by molar-refractivity contribution is -0.117. The zero-order valence-electron chi connectivity index (χ0n) is 15.2. The number of hydrogen-bond donors (Lipinski definition) is 0. The van der Waals surface area contributed by atoms with Crippen molar-refractivity contribution >= 4 is 29.1 Å². The van der Waals surface area contributed by atoms with E-state index in [1.807, 2.05) is 0 Å². The number of hydrogen-bond acceptors (Lipinski definition) is 3. The molecule has 2 aromatic carbocycles. The lowest BCUT2D eigenvalue weighted by Gasteiger charge is -2.21. The van der Waals surface area contributed by atoms with Crippen LogP contribution in [0.15, 0.2) is 36.4 Å². The largest absolute Gasteiger partial charge is 0.494 e. The van der Waals surface area contributed by atoms with Gasteiger partial charge in [-0.3, -0.25) is 9.59 Å². The molecule has 3 rings (SSSR count). The van der Waals surface area contributed by atoms with Crippen molar-refractivity contribution in [2.75, 3.05) is 25.6 Å². The average molecular weight is 391 g/mol. The van der Waals surface area contributed by atoms with Gasteiger partial charge in [-0.25, -0.2) is 4.39 Å². The normalized spacial score (nSPS) is 13.8. The van der Waals surface area contributed by atoms with Gasteiger partial charge in [-0.05, 0) is 42.3 Å². The number of rotatable bonds is 5. The van der Waals surface area contributed by atoms with Gasteiger partial charge in [-0.1, -0.05) is 17.7 Å². The highest BCUT2D eigenvalue weighted by molar-refractivity contribution is 6.34.